The van der Waals surface area contributed by atoms with Crippen LogP contribution in [0.1, 0.15) is 6.42 Å². The van der Waals surface area contributed by atoms with Crippen molar-refractivity contribution in [2.45, 2.75) is 12.0 Å². The van der Waals surface area contributed by atoms with E-state index < -0.39 is 15.6 Å². The van der Waals surface area contributed by atoms with Gasteiger partial charge in [0.25, 0.3) is 0 Å². The number of hydrogen-bond acceptors (Lipinski definition) is 4. The van der Waals surface area contributed by atoms with Crippen molar-refractivity contribution >= 4 is 15.8 Å². The van der Waals surface area contributed by atoms with Gasteiger partial charge in [-0.25, -0.2) is 8.42 Å². The highest BCUT2D eigenvalue weighted by atomic mass is 32.2. The molecule has 1 unspecified atom stereocenters. The highest BCUT2D eigenvalue weighted by molar-refractivity contribution is 7.90. The Labute approximate surface area is 77.1 Å². The van der Waals surface area contributed by atoms with Crippen molar-refractivity contribution < 1.29 is 13.2 Å². The molecule has 1 N–H and O–H groups in total. The van der Waals surface area contributed by atoms with Gasteiger partial charge in [0.05, 0.1) is 0 Å². The van der Waals surface area contributed by atoms with Crippen LogP contribution in [0.25, 0.3) is 0 Å². The number of sulfonamides is 1. The molecule has 2 aliphatic heterocycles. The van der Waals surface area contributed by atoms with Crippen LogP contribution in [0.3, 0.4) is 0 Å². The van der Waals surface area contributed by atoms with E-state index in [4.69, 9.17) is 0 Å². The minimum absolute atomic E-state index is 0.167. The topological polar surface area (TPSA) is 66.5 Å². The molecule has 1 spiro atoms. The molecule has 0 aromatic heterocycles. The van der Waals surface area contributed by atoms with Crippen molar-refractivity contribution in [3.63, 3.8) is 0 Å². The van der Waals surface area contributed by atoms with Crippen molar-refractivity contribution in [2.24, 2.45) is 0 Å². The van der Waals surface area contributed by atoms with Crippen molar-refractivity contribution in [1.29, 1.82) is 0 Å². The van der Waals surface area contributed by atoms with Crippen molar-refractivity contribution in [1.82, 2.24) is 9.62 Å². The third-order valence-electron chi connectivity index (χ3n) is 2.99. The van der Waals surface area contributed by atoms with Gasteiger partial charge in [-0.1, -0.05) is 0 Å². The summed E-state index contributed by atoms with van der Waals surface area (Å²) in [6.45, 7) is 1.17. The minimum atomic E-state index is -3.32. The number of carbonyl (C=O) groups excluding carboxylic acids is 1. The Morgan fingerprint density at radius 1 is 1.54 bits per heavy atom. The lowest BCUT2D eigenvalue weighted by Crippen LogP contribution is -2.49. The summed E-state index contributed by atoms with van der Waals surface area (Å²) in [5.41, 5.74) is -0.765. The molecule has 1 atom stereocenters. The molecule has 0 bridgehead atoms. The first-order valence-electron chi connectivity index (χ1n) is 4.20. The Hall–Kier alpha value is -0.460. The van der Waals surface area contributed by atoms with E-state index in [1.165, 1.54) is 11.4 Å². The maximum Gasteiger partial charge on any atom is 0.222 e. The van der Waals surface area contributed by atoms with Crippen LogP contribution >= 0.6 is 0 Å². The number of nitrogens with one attached hydrogen (secondary N) is 1. The highest BCUT2D eigenvalue weighted by Crippen LogP contribution is 2.32. The Morgan fingerprint density at radius 2 is 2.23 bits per heavy atom. The van der Waals surface area contributed by atoms with E-state index in [1.54, 1.807) is 0 Å². The fraction of sp³-hybridized carbons (Fsp3) is 0.857. The van der Waals surface area contributed by atoms with Gasteiger partial charge >= 0.3 is 0 Å². The number of Topliss-reactive ketones (excluding diaryl/α,β-unsaturated/α-hetero) is 1. The monoisotopic (exact) mass is 204 g/mol. The van der Waals surface area contributed by atoms with Crippen LogP contribution in [-0.4, -0.2) is 49.9 Å². The standard InChI is InChI=1S/C7H12N2O3S/c1-9-7(2-3-8-5-7)6(10)4-13(9,11)12/h8H,2-5H2,1H3. The molecular weight excluding hydrogens is 192 g/mol. The second kappa shape index (κ2) is 2.52. The summed E-state index contributed by atoms with van der Waals surface area (Å²) >= 11 is 0. The second-order valence-electron chi connectivity index (χ2n) is 3.61. The van der Waals surface area contributed by atoms with E-state index in [-0.39, 0.29) is 11.5 Å². The molecule has 0 aromatic rings. The van der Waals surface area contributed by atoms with Gasteiger partial charge in [0.15, 0.2) is 5.78 Å². The van der Waals surface area contributed by atoms with Crippen molar-refractivity contribution in [3.05, 3.63) is 0 Å². The van der Waals surface area contributed by atoms with Crippen molar-refractivity contribution in [3.8, 4) is 0 Å². The first kappa shape index (κ1) is 9.11. The van der Waals surface area contributed by atoms with E-state index in [2.05, 4.69) is 5.32 Å². The molecular formula is C7H12N2O3S. The molecule has 2 fully saturated rings. The van der Waals surface area contributed by atoms with Gasteiger partial charge in [0.2, 0.25) is 10.0 Å². The Balaban J connectivity index is 2.45. The first-order chi connectivity index (χ1) is 5.99. The van der Waals surface area contributed by atoms with Gasteiger partial charge in [-0.05, 0) is 13.0 Å². The van der Waals surface area contributed by atoms with E-state index in [9.17, 15) is 13.2 Å². The summed E-state index contributed by atoms with van der Waals surface area (Å²) in [6.07, 6.45) is 0.599. The Morgan fingerprint density at radius 3 is 2.62 bits per heavy atom. The van der Waals surface area contributed by atoms with Crippen LogP contribution in [0, 0.1) is 0 Å². The van der Waals surface area contributed by atoms with Gasteiger partial charge in [0.1, 0.15) is 11.3 Å². The molecule has 0 aliphatic carbocycles. The van der Waals surface area contributed by atoms with Gasteiger partial charge in [-0.2, -0.15) is 4.31 Å². The van der Waals surface area contributed by atoms with Gasteiger partial charge in [-0.15, -0.1) is 0 Å². The molecule has 5 nitrogen and oxygen atoms in total. The molecule has 2 heterocycles. The largest absolute Gasteiger partial charge is 0.314 e. The quantitative estimate of drug-likeness (QED) is 0.525. The van der Waals surface area contributed by atoms with Crippen LogP contribution in [-0.2, 0) is 14.8 Å². The van der Waals surface area contributed by atoms with Crippen LogP contribution in [0.5, 0.6) is 0 Å². The second-order valence-corrected chi connectivity index (χ2v) is 5.61. The highest BCUT2D eigenvalue weighted by Gasteiger charge is 2.55. The minimum Gasteiger partial charge on any atom is -0.314 e. The van der Waals surface area contributed by atoms with Crippen LogP contribution < -0.4 is 5.32 Å². The summed E-state index contributed by atoms with van der Waals surface area (Å²) in [5, 5.41) is 3.03. The van der Waals surface area contributed by atoms with Crippen LogP contribution in [0.4, 0.5) is 0 Å². The number of likely N-dealkylation sites (N-methyl/N-ethyl adjacent to an activating group) is 1. The third-order valence-corrected chi connectivity index (χ3v) is 4.80. The molecule has 6 heteroatoms. The molecule has 2 aliphatic rings. The average Bonchev–Trinajstić information content (AvgIpc) is 2.55. The summed E-state index contributed by atoms with van der Waals surface area (Å²) < 4.78 is 24.1. The van der Waals surface area contributed by atoms with E-state index in [0.717, 1.165) is 0 Å². The smallest absolute Gasteiger partial charge is 0.222 e. The van der Waals surface area contributed by atoms with Crippen molar-refractivity contribution in [2.75, 3.05) is 25.9 Å². The van der Waals surface area contributed by atoms with Crippen LogP contribution in [0.2, 0.25) is 0 Å². The Kier molecular flexibility index (Phi) is 1.77. The predicted octanol–water partition coefficient (Wildman–Crippen LogP) is -1.44. The SMILES string of the molecule is CN1C2(CCNC2)C(=O)CS1(=O)=O. The lowest BCUT2D eigenvalue weighted by Gasteiger charge is -2.26. The summed E-state index contributed by atoms with van der Waals surface area (Å²) in [7, 11) is -1.83. The molecule has 0 aromatic carbocycles. The zero-order valence-corrected chi connectivity index (χ0v) is 8.23. The van der Waals surface area contributed by atoms with Crippen LogP contribution in [0.15, 0.2) is 0 Å². The summed E-state index contributed by atoms with van der Waals surface area (Å²) in [4.78, 5) is 11.6. The molecule has 0 radical (unpaired) electrons. The van der Waals surface area contributed by atoms with Gasteiger partial charge < -0.3 is 5.32 Å². The first-order valence-corrected chi connectivity index (χ1v) is 5.81. The predicted molar refractivity (Wildman–Crippen MR) is 46.8 cm³/mol. The lowest BCUT2D eigenvalue weighted by atomic mass is 9.94. The summed E-state index contributed by atoms with van der Waals surface area (Å²) in [5.74, 6) is -0.495. The zero-order chi connectivity index (χ0) is 9.69. The molecule has 13 heavy (non-hydrogen) atoms. The lowest BCUT2D eigenvalue weighted by molar-refractivity contribution is -0.122. The third kappa shape index (κ3) is 1.06. The van der Waals surface area contributed by atoms with E-state index in [0.29, 0.717) is 19.5 Å². The maximum absolute atomic E-state index is 11.6. The van der Waals surface area contributed by atoms with E-state index in [1.807, 2.05) is 0 Å². The fourth-order valence-electron chi connectivity index (χ4n) is 2.02. The molecule has 2 saturated heterocycles. The van der Waals surface area contributed by atoms with Gasteiger partial charge in [-0.3, -0.25) is 4.79 Å². The maximum atomic E-state index is 11.6. The van der Waals surface area contributed by atoms with Gasteiger partial charge in [0, 0.05) is 13.6 Å². The zero-order valence-electron chi connectivity index (χ0n) is 7.41. The fourth-order valence-corrected chi connectivity index (χ4v) is 3.61. The average molecular weight is 204 g/mol. The van der Waals surface area contributed by atoms with E-state index >= 15 is 0 Å². The number of carbonyl (C=O) groups is 1. The number of rotatable bonds is 0. The molecule has 0 amide bonds. The normalized spacial score (nSPS) is 39.0. The molecule has 0 saturated carbocycles. The molecule has 74 valence electrons. The number of nitrogens with zero attached hydrogens (tertiary/aromatic N) is 1. The number of hydrogen-bond donors (Lipinski definition) is 1. The summed E-state index contributed by atoms with van der Waals surface area (Å²) in [6, 6.07) is 0. The number of ketones is 1. The molecule has 2 rings (SSSR count). The Bertz CT molecular complexity index is 343.